The van der Waals surface area contributed by atoms with Gasteiger partial charge in [0.05, 0.1) is 9.62 Å². The second-order valence-electron chi connectivity index (χ2n) is 4.99. The number of aromatic nitrogens is 3. The summed E-state index contributed by atoms with van der Waals surface area (Å²) in [5, 5.41) is 13.7. The number of aliphatic hydroxyl groups is 1. The fourth-order valence-corrected chi connectivity index (χ4v) is 3.96. The SMILES string of the molecule is Nc1nc(F)nn2c(C3OC4C(I)C4(O)C3F)ccc12. The average molecular weight is 394 g/mol. The molecule has 1 aliphatic heterocycles. The number of nitrogen functional groups attached to an aromatic ring is 1. The Bertz CT molecular complexity index is 726. The predicted molar refractivity (Wildman–Crippen MR) is 72.6 cm³/mol. The van der Waals surface area contributed by atoms with Crippen LogP contribution in [0.4, 0.5) is 14.6 Å². The smallest absolute Gasteiger partial charge is 0.327 e. The van der Waals surface area contributed by atoms with Gasteiger partial charge < -0.3 is 15.6 Å². The molecule has 4 rings (SSSR count). The lowest BCUT2D eigenvalue weighted by Crippen LogP contribution is -2.30. The summed E-state index contributed by atoms with van der Waals surface area (Å²) < 4.78 is 34.1. The first-order chi connectivity index (χ1) is 9.44. The van der Waals surface area contributed by atoms with Crippen molar-refractivity contribution < 1.29 is 18.6 Å². The molecule has 2 aromatic rings. The maximum Gasteiger partial charge on any atom is 0.327 e. The minimum atomic E-state index is -1.59. The van der Waals surface area contributed by atoms with Crippen LogP contribution in [0.3, 0.4) is 0 Å². The quantitative estimate of drug-likeness (QED) is 0.552. The van der Waals surface area contributed by atoms with E-state index < -0.39 is 30.1 Å². The highest BCUT2D eigenvalue weighted by molar-refractivity contribution is 14.1. The molecule has 3 N–H and O–H groups in total. The van der Waals surface area contributed by atoms with E-state index in [0.717, 1.165) is 0 Å². The number of nitrogens with two attached hydrogens (primary N) is 1. The van der Waals surface area contributed by atoms with Gasteiger partial charge in [0.1, 0.15) is 23.3 Å². The molecule has 0 amide bonds. The number of fused-ring (bicyclic) bond motifs is 2. The Balaban J connectivity index is 1.81. The number of ether oxygens (including phenoxy) is 1. The van der Waals surface area contributed by atoms with Gasteiger partial charge in [-0.2, -0.15) is 9.37 Å². The van der Waals surface area contributed by atoms with Crippen molar-refractivity contribution >= 4 is 33.9 Å². The van der Waals surface area contributed by atoms with E-state index in [2.05, 4.69) is 10.1 Å². The number of anilines is 1. The Hall–Kier alpha value is -1.07. The van der Waals surface area contributed by atoms with Crippen molar-refractivity contribution in [3.05, 3.63) is 23.9 Å². The second-order valence-corrected chi connectivity index (χ2v) is 6.33. The van der Waals surface area contributed by atoms with Crippen LogP contribution < -0.4 is 5.73 Å². The normalized spacial score (nSPS) is 39.2. The highest BCUT2D eigenvalue weighted by Gasteiger charge is 2.76. The summed E-state index contributed by atoms with van der Waals surface area (Å²) in [5.74, 6) is -0.0344. The van der Waals surface area contributed by atoms with E-state index in [-0.39, 0.29) is 9.74 Å². The van der Waals surface area contributed by atoms with Crippen LogP contribution in [0.25, 0.3) is 5.52 Å². The van der Waals surface area contributed by atoms with Gasteiger partial charge in [-0.1, -0.05) is 22.6 Å². The molecule has 5 atom stereocenters. The van der Waals surface area contributed by atoms with E-state index in [1.807, 2.05) is 22.6 Å². The molecule has 2 aromatic heterocycles. The predicted octanol–water partition coefficient (Wildman–Crippen LogP) is 0.777. The van der Waals surface area contributed by atoms with Crippen LogP contribution in [0.15, 0.2) is 12.1 Å². The van der Waals surface area contributed by atoms with Crippen molar-refractivity contribution in [2.24, 2.45) is 0 Å². The molecule has 0 radical (unpaired) electrons. The Labute approximate surface area is 125 Å². The Kier molecular flexibility index (Phi) is 2.38. The number of hydrogen-bond acceptors (Lipinski definition) is 5. The van der Waals surface area contributed by atoms with Gasteiger partial charge in [-0.25, -0.2) is 8.91 Å². The summed E-state index contributed by atoms with van der Waals surface area (Å²) in [6.45, 7) is 0. The molecule has 0 spiro atoms. The van der Waals surface area contributed by atoms with Gasteiger partial charge in [0.2, 0.25) is 0 Å². The molecule has 1 saturated carbocycles. The summed E-state index contributed by atoms with van der Waals surface area (Å²) in [6, 6.07) is 3.11. The molecule has 2 fully saturated rings. The molecule has 9 heteroatoms. The van der Waals surface area contributed by atoms with Crippen molar-refractivity contribution in [3.8, 4) is 0 Å². The molecule has 0 aromatic carbocycles. The van der Waals surface area contributed by atoms with Gasteiger partial charge >= 0.3 is 6.08 Å². The molecule has 6 nitrogen and oxygen atoms in total. The van der Waals surface area contributed by atoms with Crippen LogP contribution in [0.5, 0.6) is 0 Å². The Morgan fingerprint density at radius 2 is 2.25 bits per heavy atom. The molecule has 20 heavy (non-hydrogen) atoms. The average Bonchev–Trinajstić information content (AvgIpc) is 2.74. The van der Waals surface area contributed by atoms with E-state index in [1.54, 1.807) is 12.1 Å². The van der Waals surface area contributed by atoms with Crippen molar-refractivity contribution in [1.29, 1.82) is 0 Å². The number of hydrogen-bond donors (Lipinski definition) is 2. The van der Waals surface area contributed by atoms with Gasteiger partial charge in [0, 0.05) is 0 Å². The highest BCUT2D eigenvalue weighted by atomic mass is 127. The van der Waals surface area contributed by atoms with Gasteiger partial charge in [-0.05, 0) is 12.1 Å². The maximum atomic E-state index is 14.4. The van der Waals surface area contributed by atoms with Gasteiger partial charge in [0.15, 0.2) is 12.0 Å². The molecular weight excluding hydrogens is 385 g/mol. The summed E-state index contributed by atoms with van der Waals surface area (Å²) in [6.07, 6.45) is -4.13. The molecule has 1 saturated heterocycles. The van der Waals surface area contributed by atoms with E-state index in [9.17, 15) is 13.9 Å². The summed E-state index contributed by atoms with van der Waals surface area (Å²) >= 11 is 1.95. The van der Waals surface area contributed by atoms with E-state index in [0.29, 0.717) is 11.2 Å². The third kappa shape index (κ3) is 1.37. The van der Waals surface area contributed by atoms with Crippen LogP contribution in [-0.4, -0.2) is 41.5 Å². The van der Waals surface area contributed by atoms with Gasteiger partial charge in [-0.3, -0.25) is 0 Å². The summed E-state index contributed by atoms with van der Waals surface area (Å²) in [4.78, 5) is 3.40. The van der Waals surface area contributed by atoms with Crippen LogP contribution in [-0.2, 0) is 4.74 Å². The van der Waals surface area contributed by atoms with E-state index in [4.69, 9.17) is 10.5 Å². The van der Waals surface area contributed by atoms with Crippen LogP contribution in [0.2, 0.25) is 0 Å². The summed E-state index contributed by atoms with van der Waals surface area (Å²) in [7, 11) is 0. The topological polar surface area (TPSA) is 85.7 Å². The van der Waals surface area contributed by atoms with Crippen molar-refractivity contribution in [2.45, 2.75) is 27.9 Å². The first-order valence-corrected chi connectivity index (χ1v) is 7.15. The van der Waals surface area contributed by atoms with Gasteiger partial charge in [-0.15, -0.1) is 5.10 Å². The monoisotopic (exact) mass is 394 g/mol. The van der Waals surface area contributed by atoms with Crippen molar-refractivity contribution in [3.63, 3.8) is 0 Å². The molecule has 5 unspecified atom stereocenters. The highest BCUT2D eigenvalue weighted by Crippen LogP contribution is 2.59. The maximum absolute atomic E-state index is 14.4. The number of alkyl halides is 2. The zero-order valence-electron chi connectivity index (χ0n) is 9.87. The number of halogens is 3. The third-order valence-corrected chi connectivity index (χ3v) is 5.54. The molecule has 3 heterocycles. The molecule has 1 aliphatic carbocycles. The number of rotatable bonds is 1. The molecule has 106 valence electrons. The van der Waals surface area contributed by atoms with Crippen molar-refractivity contribution in [1.82, 2.24) is 14.6 Å². The fourth-order valence-electron chi connectivity index (χ4n) is 2.72. The number of nitrogens with zero attached hydrogens (tertiary/aromatic N) is 3. The lowest BCUT2D eigenvalue weighted by molar-refractivity contribution is 0.0224. The van der Waals surface area contributed by atoms with E-state index in [1.165, 1.54) is 4.52 Å². The lowest BCUT2D eigenvalue weighted by atomic mass is 10.1. The molecule has 2 aliphatic rings. The van der Waals surface area contributed by atoms with Crippen LogP contribution in [0.1, 0.15) is 11.8 Å². The van der Waals surface area contributed by atoms with Gasteiger partial charge in [0.25, 0.3) is 0 Å². The zero-order valence-corrected chi connectivity index (χ0v) is 12.0. The first-order valence-electron chi connectivity index (χ1n) is 5.91. The lowest BCUT2D eigenvalue weighted by Gasteiger charge is -2.18. The Morgan fingerprint density at radius 1 is 1.50 bits per heavy atom. The minimum Gasteiger partial charge on any atom is -0.383 e. The second kappa shape index (κ2) is 3.77. The third-order valence-electron chi connectivity index (χ3n) is 3.89. The van der Waals surface area contributed by atoms with Crippen LogP contribution in [0, 0.1) is 6.08 Å². The summed E-state index contributed by atoms with van der Waals surface area (Å²) in [5.41, 5.74) is 4.81. The first kappa shape index (κ1) is 12.7. The molecule has 0 bridgehead atoms. The minimum absolute atomic E-state index is 0.0344. The standard InChI is InChI=1S/C11H9F2IN4O2/c12-6-5(20-8-7(14)11(6,8)19)3-1-2-4-9(15)16-10(13)17-18(3)4/h1-2,5-8,19H,(H2,15,16,17). The Morgan fingerprint density at radius 3 is 2.90 bits per heavy atom. The van der Waals surface area contributed by atoms with Crippen molar-refractivity contribution in [2.75, 3.05) is 5.73 Å². The van der Waals surface area contributed by atoms with E-state index >= 15 is 0 Å². The zero-order chi connectivity index (χ0) is 14.2. The fraction of sp³-hybridized carbons (Fsp3) is 0.455. The van der Waals surface area contributed by atoms with Crippen LogP contribution >= 0.6 is 22.6 Å². The molecular formula is C11H9F2IN4O2. The largest absolute Gasteiger partial charge is 0.383 e.